The minimum atomic E-state index is -1.26. The molecule has 0 radical (unpaired) electrons. The van der Waals surface area contributed by atoms with Crippen LogP contribution in [0.2, 0.25) is 0 Å². The molecule has 2 fully saturated rings. The summed E-state index contributed by atoms with van der Waals surface area (Å²) in [7, 11) is 0. The Kier molecular flexibility index (Phi) is 9.09. The van der Waals surface area contributed by atoms with Gasteiger partial charge in [0, 0.05) is 24.0 Å². The number of benzene rings is 1. The molecule has 5 N–H and O–H groups in total. The fourth-order valence-corrected chi connectivity index (χ4v) is 6.60. The van der Waals surface area contributed by atoms with Crippen LogP contribution in [0, 0.1) is 5.92 Å². The van der Waals surface area contributed by atoms with Crippen molar-refractivity contribution in [1.29, 1.82) is 0 Å². The van der Waals surface area contributed by atoms with E-state index in [0.29, 0.717) is 32.0 Å². The number of ether oxygens (including phenoxy) is 1. The summed E-state index contributed by atoms with van der Waals surface area (Å²) in [6.07, 6.45) is 1.26. The molecule has 3 amide bonds. The van der Waals surface area contributed by atoms with Gasteiger partial charge in [-0.3, -0.25) is 9.59 Å². The van der Waals surface area contributed by atoms with Gasteiger partial charge in [0.1, 0.15) is 18.2 Å². The van der Waals surface area contributed by atoms with Crippen LogP contribution >= 0.6 is 11.3 Å². The molecule has 1 unspecified atom stereocenters. The maximum atomic E-state index is 14.0. The van der Waals surface area contributed by atoms with Gasteiger partial charge < -0.3 is 36.0 Å². The molecule has 5 rings (SSSR count). The van der Waals surface area contributed by atoms with Crippen molar-refractivity contribution >= 4 is 35.3 Å². The second-order valence-corrected chi connectivity index (χ2v) is 12.0. The number of amidine groups is 1. The van der Waals surface area contributed by atoms with Gasteiger partial charge in [-0.15, -0.1) is 11.3 Å². The van der Waals surface area contributed by atoms with Crippen LogP contribution in [0.4, 0.5) is 4.79 Å². The molecule has 0 spiro atoms. The van der Waals surface area contributed by atoms with Gasteiger partial charge in [0.2, 0.25) is 11.8 Å². The van der Waals surface area contributed by atoms with E-state index in [0.717, 1.165) is 23.3 Å². The normalized spacial score (nSPS) is 27.0. The first-order valence-corrected chi connectivity index (χ1v) is 15.1. The topological polar surface area (TPSA) is 150 Å². The smallest absolute Gasteiger partial charge is 0.405 e. The number of aliphatic imine (C=N–C) groups is 1. The highest BCUT2D eigenvalue weighted by atomic mass is 32.1. The molecule has 2 aliphatic heterocycles. The van der Waals surface area contributed by atoms with E-state index < -0.39 is 18.2 Å². The lowest BCUT2D eigenvalue weighted by atomic mass is 9.81. The molecule has 3 aliphatic rings. The van der Waals surface area contributed by atoms with E-state index in [4.69, 9.17) is 15.5 Å². The Morgan fingerprint density at radius 2 is 1.88 bits per heavy atom. The van der Waals surface area contributed by atoms with Gasteiger partial charge in [-0.25, -0.2) is 9.79 Å². The van der Waals surface area contributed by atoms with Gasteiger partial charge in [0.15, 0.2) is 0 Å². The number of hydrogen-bond donors (Lipinski definition) is 4. The predicted molar refractivity (Wildman–Crippen MR) is 155 cm³/mol. The molecule has 3 heterocycles. The zero-order valence-electron chi connectivity index (χ0n) is 23.1. The monoisotopic (exact) mass is 582 g/mol. The van der Waals surface area contributed by atoms with Crippen molar-refractivity contribution in [3.8, 4) is 0 Å². The van der Waals surface area contributed by atoms with Crippen molar-refractivity contribution in [3.05, 3.63) is 58.3 Å². The number of thiophene rings is 1. The Morgan fingerprint density at radius 1 is 1.12 bits per heavy atom. The van der Waals surface area contributed by atoms with Gasteiger partial charge in [-0.2, -0.15) is 0 Å². The number of carboxylic acid groups (broad SMARTS) is 1. The van der Waals surface area contributed by atoms with E-state index in [1.54, 1.807) is 0 Å². The van der Waals surface area contributed by atoms with Crippen molar-refractivity contribution in [2.24, 2.45) is 16.6 Å². The highest BCUT2D eigenvalue weighted by molar-refractivity contribution is 7.09. The Balaban J connectivity index is 1.34. The van der Waals surface area contributed by atoms with Gasteiger partial charge >= 0.3 is 6.09 Å². The first-order chi connectivity index (χ1) is 19.8. The van der Waals surface area contributed by atoms with Crippen LogP contribution in [0.1, 0.15) is 49.2 Å². The van der Waals surface area contributed by atoms with E-state index in [-0.39, 0.29) is 49.0 Å². The van der Waals surface area contributed by atoms with Crippen LogP contribution in [-0.2, 0) is 20.9 Å². The lowest BCUT2D eigenvalue weighted by molar-refractivity contribution is -0.146. The Hall–Kier alpha value is -3.64. The standard InChI is InChI=1S/C29H38N6O5S/c1-18-25(20-6-3-2-4-7-20)40-28(32-18)34-13-14-35(23(17-34)26(36)31-16-22-8-5-15-41-22)27(37)24(33-29(38)39)19-9-11-21(30)12-10-19/h2-8,15,18-19,21,23-25,33H,9-14,16-17,30H2,1H3,(H,31,36)(H,38,39)/t18-,19?,21?,23?,24+,25+/m0/s1. The summed E-state index contributed by atoms with van der Waals surface area (Å²) < 4.78 is 6.29. The second kappa shape index (κ2) is 12.9. The minimum absolute atomic E-state index is 0.0560. The fourth-order valence-electron chi connectivity index (χ4n) is 5.95. The van der Waals surface area contributed by atoms with Crippen LogP contribution in [0.3, 0.4) is 0 Å². The SMILES string of the molecule is C[C@@H]1N=C(N2CCN(C(=O)[C@H](NC(=O)O)C3CCC(N)CC3)C(C(=O)NCc3cccs3)C2)O[C@H]1c1ccccc1. The molecular weight excluding hydrogens is 544 g/mol. The number of nitrogens with zero attached hydrogens (tertiary/aromatic N) is 3. The third kappa shape index (κ3) is 6.82. The Bertz CT molecular complexity index is 1230. The molecule has 1 aliphatic carbocycles. The summed E-state index contributed by atoms with van der Waals surface area (Å²) in [4.78, 5) is 48.5. The molecule has 1 saturated heterocycles. The highest BCUT2D eigenvalue weighted by Crippen LogP contribution is 2.31. The maximum Gasteiger partial charge on any atom is 0.405 e. The maximum absolute atomic E-state index is 14.0. The largest absolute Gasteiger partial charge is 0.465 e. The average Bonchev–Trinajstić information content (AvgIpc) is 3.65. The summed E-state index contributed by atoms with van der Waals surface area (Å²) >= 11 is 1.54. The number of piperazine rings is 1. The van der Waals surface area contributed by atoms with Gasteiger partial charge in [0.25, 0.3) is 6.02 Å². The highest BCUT2D eigenvalue weighted by Gasteiger charge is 2.43. The van der Waals surface area contributed by atoms with Crippen molar-refractivity contribution in [2.75, 3.05) is 19.6 Å². The molecule has 41 heavy (non-hydrogen) atoms. The predicted octanol–water partition coefficient (Wildman–Crippen LogP) is 2.55. The van der Waals surface area contributed by atoms with Crippen LogP contribution in [0.5, 0.6) is 0 Å². The lowest BCUT2D eigenvalue weighted by Gasteiger charge is -2.43. The molecule has 1 aromatic carbocycles. The van der Waals surface area contributed by atoms with Crippen molar-refractivity contribution in [1.82, 2.24) is 20.4 Å². The second-order valence-electron chi connectivity index (χ2n) is 11.0. The summed E-state index contributed by atoms with van der Waals surface area (Å²) in [5.74, 6) is -0.864. The van der Waals surface area contributed by atoms with E-state index in [1.807, 2.05) is 59.7 Å². The van der Waals surface area contributed by atoms with E-state index in [2.05, 4.69) is 10.6 Å². The molecule has 1 saturated carbocycles. The number of nitrogens with two attached hydrogens (primary N) is 1. The summed E-state index contributed by atoms with van der Waals surface area (Å²) in [6, 6.07) is 12.4. The third-order valence-corrected chi connectivity index (χ3v) is 9.08. The first-order valence-electron chi connectivity index (χ1n) is 14.2. The number of nitrogens with one attached hydrogen (secondary N) is 2. The van der Waals surface area contributed by atoms with Crippen molar-refractivity contribution in [2.45, 2.75) is 69.4 Å². The average molecular weight is 583 g/mol. The van der Waals surface area contributed by atoms with Crippen LogP contribution < -0.4 is 16.4 Å². The Labute approximate surface area is 243 Å². The summed E-state index contributed by atoms with van der Waals surface area (Å²) in [5.41, 5.74) is 7.09. The number of amides is 3. The summed E-state index contributed by atoms with van der Waals surface area (Å²) in [6.45, 7) is 3.16. The third-order valence-electron chi connectivity index (χ3n) is 8.20. The van der Waals surface area contributed by atoms with Gasteiger partial charge in [-0.1, -0.05) is 36.4 Å². The van der Waals surface area contributed by atoms with Crippen molar-refractivity contribution in [3.63, 3.8) is 0 Å². The molecule has 12 heteroatoms. The fraction of sp³-hybridized carbons (Fsp3) is 0.517. The summed E-state index contributed by atoms with van der Waals surface area (Å²) in [5, 5.41) is 17.0. The molecule has 1 aromatic heterocycles. The molecule has 11 nitrogen and oxygen atoms in total. The van der Waals surface area contributed by atoms with E-state index in [1.165, 1.54) is 16.2 Å². The van der Waals surface area contributed by atoms with E-state index in [9.17, 15) is 19.5 Å². The van der Waals surface area contributed by atoms with Crippen LogP contribution in [0.25, 0.3) is 0 Å². The minimum Gasteiger partial charge on any atom is -0.465 e. The zero-order chi connectivity index (χ0) is 28.9. The quantitative estimate of drug-likeness (QED) is 0.392. The molecule has 4 atom stereocenters. The number of hydrogen-bond acceptors (Lipinski definition) is 8. The van der Waals surface area contributed by atoms with Gasteiger partial charge in [0.05, 0.1) is 19.1 Å². The molecule has 220 valence electrons. The van der Waals surface area contributed by atoms with Gasteiger partial charge in [-0.05, 0) is 55.5 Å². The molecule has 0 bridgehead atoms. The number of rotatable bonds is 7. The molecular formula is C29H38N6O5S. The number of carbonyl (C=O) groups excluding carboxylic acids is 2. The molecule has 2 aromatic rings. The van der Waals surface area contributed by atoms with Crippen molar-refractivity contribution < 1.29 is 24.2 Å². The van der Waals surface area contributed by atoms with Crippen LogP contribution in [0.15, 0.2) is 52.8 Å². The van der Waals surface area contributed by atoms with Crippen LogP contribution in [-0.4, -0.2) is 82.6 Å². The lowest BCUT2D eigenvalue weighted by Crippen LogP contribution is -2.65. The zero-order valence-corrected chi connectivity index (χ0v) is 24.0. The number of carbonyl (C=O) groups is 3. The Morgan fingerprint density at radius 3 is 2.56 bits per heavy atom. The first kappa shape index (κ1) is 28.9. The van der Waals surface area contributed by atoms with E-state index >= 15 is 0 Å².